The Labute approximate surface area is 112 Å². The zero-order valence-corrected chi connectivity index (χ0v) is 11.9. The molecule has 0 unspecified atom stereocenters. The number of benzene rings is 1. The van der Waals surface area contributed by atoms with Crippen LogP contribution in [0.15, 0.2) is 22.7 Å². The smallest absolute Gasteiger partial charge is 0.0744 e. The van der Waals surface area contributed by atoms with Gasteiger partial charge >= 0.3 is 0 Å². The van der Waals surface area contributed by atoms with Crippen molar-refractivity contribution < 1.29 is 4.74 Å². The van der Waals surface area contributed by atoms with Gasteiger partial charge in [0.2, 0.25) is 0 Å². The molecule has 0 aromatic heterocycles. The van der Waals surface area contributed by atoms with E-state index in [-0.39, 0.29) is 0 Å². The van der Waals surface area contributed by atoms with Gasteiger partial charge in [0, 0.05) is 29.4 Å². The highest BCUT2D eigenvalue weighted by atomic mass is 79.9. The van der Waals surface area contributed by atoms with Crippen molar-refractivity contribution >= 4 is 21.6 Å². The maximum absolute atomic E-state index is 5.25. The van der Waals surface area contributed by atoms with E-state index in [2.05, 4.69) is 39.4 Å². The van der Waals surface area contributed by atoms with Crippen molar-refractivity contribution in [1.29, 1.82) is 0 Å². The average molecular weight is 298 g/mol. The molecule has 0 aliphatic heterocycles. The van der Waals surface area contributed by atoms with Gasteiger partial charge in [-0.25, -0.2) is 0 Å². The molecule has 1 saturated carbocycles. The zero-order valence-electron chi connectivity index (χ0n) is 10.3. The fourth-order valence-electron chi connectivity index (χ4n) is 2.48. The van der Waals surface area contributed by atoms with Crippen LogP contribution in [0.3, 0.4) is 0 Å². The van der Waals surface area contributed by atoms with E-state index in [1.807, 2.05) is 0 Å². The van der Waals surface area contributed by atoms with E-state index in [0.717, 1.165) is 16.9 Å². The molecular formula is C14H20BrNO. The van der Waals surface area contributed by atoms with Crippen LogP contribution in [0.4, 0.5) is 5.69 Å². The summed E-state index contributed by atoms with van der Waals surface area (Å²) in [5, 5.41) is 3.57. The molecule has 0 amide bonds. The molecule has 1 aromatic rings. The van der Waals surface area contributed by atoms with E-state index >= 15 is 0 Å². The largest absolute Gasteiger partial charge is 0.384 e. The lowest BCUT2D eigenvalue weighted by atomic mass is 10.1. The Morgan fingerprint density at radius 3 is 2.82 bits per heavy atom. The minimum atomic E-state index is 0.647. The predicted octanol–water partition coefficient (Wildman–Crippen LogP) is 4.20. The van der Waals surface area contributed by atoms with Gasteiger partial charge in [-0.1, -0.05) is 34.8 Å². The summed E-state index contributed by atoms with van der Waals surface area (Å²) in [6.07, 6.45) is 5.55. The molecule has 0 bridgehead atoms. The Bertz CT molecular complexity index is 361. The van der Waals surface area contributed by atoms with E-state index < -0.39 is 0 Å². The second-order valence-corrected chi connectivity index (χ2v) is 5.58. The first-order chi connectivity index (χ1) is 8.31. The third kappa shape index (κ3) is 3.46. The number of rotatable bonds is 5. The molecular weight excluding hydrogens is 278 g/mol. The molecule has 94 valence electrons. The second kappa shape index (κ2) is 6.41. The highest BCUT2D eigenvalue weighted by molar-refractivity contribution is 9.10. The molecule has 0 atom stereocenters. The van der Waals surface area contributed by atoms with Crippen molar-refractivity contribution in [1.82, 2.24) is 0 Å². The molecule has 1 aliphatic carbocycles. The minimum absolute atomic E-state index is 0.647. The summed E-state index contributed by atoms with van der Waals surface area (Å²) >= 11 is 3.58. The quantitative estimate of drug-likeness (QED) is 0.879. The monoisotopic (exact) mass is 297 g/mol. The van der Waals surface area contributed by atoms with Crippen molar-refractivity contribution in [3.63, 3.8) is 0 Å². The topological polar surface area (TPSA) is 21.3 Å². The van der Waals surface area contributed by atoms with Crippen LogP contribution in [0, 0.1) is 5.92 Å². The Morgan fingerprint density at radius 2 is 2.12 bits per heavy atom. The summed E-state index contributed by atoms with van der Waals surface area (Å²) in [5.41, 5.74) is 2.42. The fraction of sp³-hybridized carbons (Fsp3) is 0.571. The zero-order chi connectivity index (χ0) is 12.1. The maximum Gasteiger partial charge on any atom is 0.0744 e. The van der Waals surface area contributed by atoms with Crippen molar-refractivity contribution in [2.24, 2.45) is 5.92 Å². The second-order valence-electron chi connectivity index (χ2n) is 4.73. The molecule has 3 heteroatoms. The van der Waals surface area contributed by atoms with E-state index in [9.17, 15) is 0 Å². The fourth-order valence-corrected chi connectivity index (χ4v) is 2.96. The SMILES string of the molecule is COCc1c(Br)cccc1NCC1CCCC1. The van der Waals surface area contributed by atoms with Gasteiger partial charge in [0.05, 0.1) is 6.61 Å². The third-order valence-electron chi connectivity index (χ3n) is 3.46. The van der Waals surface area contributed by atoms with Crippen LogP contribution in [-0.2, 0) is 11.3 Å². The van der Waals surface area contributed by atoms with E-state index in [1.165, 1.54) is 36.9 Å². The third-order valence-corrected chi connectivity index (χ3v) is 4.21. The van der Waals surface area contributed by atoms with Crippen LogP contribution in [0.25, 0.3) is 0 Å². The van der Waals surface area contributed by atoms with Gasteiger partial charge in [0.15, 0.2) is 0 Å². The first-order valence-electron chi connectivity index (χ1n) is 6.31. The Kier molecular flexibility index (Phi) is 4.86. The van der Waals surface area contributed by atoms with E-state index in [1.54, 1.807) is 7.11 Å². The van der Waals surface area contributed by atoms with Crippen molar-refractivity contribution in [2.75, 3.05) is 19.0 Å². The lowest BCUT2D eigenvalue weighted by molar-refractivity contribution is 0.185. The standard InChI is InChI=1S/C14H20BrNO/c1-17-10-12-13(15)7-4-8-14(12)16-9-11-5-2-3-6-11/h4,7-8,11,16H,2-3,5-6,9-10H2,1H3. The van der Waals surface area contributed by atoms with Crippen molar-refractivity contribution in [2.45, 2.75) is 32.3 Å². The van der Waals surface area contributed by atoms with Gasteiger partial charge in [-0.05, 0) is 30.9 Å². The van der Waals surface area contributed by atoms with E-state index in [4.69, 9.17) is 4.74 Å². The molecule has 2 rings (SSSR count). The Balaban J connectivity index is 2.00. The molecule has 0 radical (unpaired) electrons. The Morgan fingerprint density at radius 1 is 1.35 bits per heavy atom. The summed E-state index contributed by atoms with van der Waals surface area (Å²) < 4.78 is 6.37. The summed E-state index contributed by atoms with van der Waals surface area (Å²) in [4.78, 5) is 0. The van der Waals surface area contributed by atoms with Crippen LogP contribution in [0.2, 0.25) is 0 Å². The number of ether oxygens (including phenoxy) is 1. The van der Waals surface area contributed by atoms with Crippen LogP contribution < -0.4 is 5.32 Å². The molecule has 0 saturated heterocycles. The predicted molar refractivity (Wildman–Crippen MR) is 75.3 cm³/mol. The first kappa shape index (κ1) is 12.9. The molecule has 0 heterocycles. The summed E-state index contributed by atoms with van der Waals surface area (Å²) in [7, 11) is 1.74. The molecule has 1 aromatic carbocycles. The number of hydrogen-bond acceptors (Lipinski definition) is 2. The van der Waals surface area contributed by atoms with Gasteiger partial charge in [-0.2, -0.15) is 0 Å². The van der Waals surface area contributed by atoms with Gasteiger partial charge in [0.25, 0.3) is 0 Å². The number of nitrogens with one attached hydrogen (secondary N) is 1. The molecule has 1 fully saturated rings. The normalized spacial score (nSPS) is 16.4. The highest BCUT2D eigenvalue weighted by Gasteiger charge is 2.15. The van der Waals surface area contributed by atoms with Crippen molar-refractivity contribution in [3.05, 3.63) is 28.2 Å². The highest BCUT2D eigenvalue weighted by Crippen LogP contribution is 2.28. The molecule has 17 heavy (non-hydrogen) atoms. The summed E-state index contributed by atoms with van der Waals surface area (Å²) in [6, 6.07) is 6.27. The van der Waals surface area contributed by atoms with Gasteiger partial charge < -0.3 is 10.1 Å². The van der Waals surface area contributed by atoms with Crippen LogP contribution in [-0.4, -0.2) is 13.7 Å². The number of anilines is 1. The lowest BCUT2D eigenvalue weighted by Gasteiger charge is -2.16. The molecule has 0 spiro atoms. The summed E-state index contributed by atoms with van der Waals surface area (Å²) in [6.45, 7) is 1.74. The number of halogens is 1. The van der Waals surface area contributed by atoms with Gasteiger partial charge in [-0.3, -0.25) is 0 Å². The van der Waals surface area contributed by atoms with Gasteiger partial charge in [0.1, 0.15) is 0 Å². The van der Waals surface area contributed by atoms with Crippen molar-refractivity contribution in [3.8, 4) is 0 Å². The molecule has 2 nitrogen and oxygen atoms in total. The van der Waals surface area contributed by atoms with Crippen LogP contribution >= 0.6 is 15.9 Å². The first-order valence-corrected chi connectivity index (χ1v) is 7.10. The number of methoxy groups -OCH3 is 1. The lowest BCUT2D eigenvalue weighted by Crippen LogP contribution is -2.12. The van der Waals surface area contributed by atoms with Crippen LogP contribution in [0.5, 0.6) is 0 Å². The van der Waals surface area contributed by atoms with E-state index in [0.29, 0.717) is 6.61 Å². The molecule has 1 aliphatic rings. The summed E-state index contributed by atoms with van der Waals surface area (Å²) in [5.74, 6) is 0.851. The van der Waals surface area contributed by atoms with Crippen LogP contribution in [0.1, 0.15) is 31.2 Å². The maximum atomic E-state index is 5.25. The Hall–Kier alpha value is -0.540. The van der Waals surface area contributed by atoms with Gasteiger partial charge in [-0.15, -0.1) is 0 Å². The average Bonchev–Trinajstić information content (AvgIpc) is 2.83. The number of hydrogen-bond donors (Lipinski definition) is 1. The molecule has 1 N–H and O–H groups in total. The minimum Gasteiger partial charge on any atom is -0.384 e.